The predicted octanol–water partition coefficient (Wildman–Crippen LogP) is 19.6. The summed E-state index contributed by atoms with van der Waals surface area (Å²) in [7, 11) is 0. The van der Waals surface area contributed by atoms with Gasteiger partial charge in [0.1, 0.15) is 0 Å². The second-order valence-electron chi connectivity index (χ2n) is 20.1. The van der Waals surface area contributed by atoms with Crippen LogP contribution in [0.2, 0.25) is 0 Å². The molecule has 11 aromatic rings. The predicted molar refractivity (Wildman–Crippen MR) is 296 cm³/mol. The van der Waals surface area contributed by atoms with Crippen LogP contribution < -0.4 is 4.90 Å². The molecular weight excluding hydrogens is 839 g/mol. The summed E-state index contributed by atoms with van der Waals surface area (Å²) >= 11 is 1.87. The van der Waals surface area contributed by atoms with Gasteiger partial charge in [-0.25, -0.2) is 0 Å². The van der Waals surface area contributed by atoms with E-state index in [1.165, 1.54) is 86.6 Å². The molecule has 0 fully saturated rings. The van der Waals surface area contributed by atoms with Gasteiger partial charge in [0, 0.05) is 37.0 Å². The fourth-order valence-corrected chi connectivity index (χ4v) is 11.1. The zero-order valence-corrected chi connectivity index (χ0v) is 40.5. The Bertz CT molecular complexity index is 3580. The van der Waals surface area contributed by atoms with E-state index in [1.54, 1.807) is 0 Å². The molecule has 68 heavy (non-hydrogen) atoms. The van der Waals surface area contributed by atoms with Crippen LogP contribution in [0, 0.1) is 0 Å². The molecule has 0 saturated carbocycles. The van der Waals surface area contributed by atoms with Crippen LogP contribution in [0.4, 0.5) is 17.1 Å². The molecule has 0 amide bonds. The van der Waals surface area contributed by atoms with Crippen molar-refractivity contribution in [2.24, 2.45) is 0 Å². The molecule has 1 aromatic heterocycles. The van der Waals surface area contributed by atoms with Gasteiger partial charge >= 0.3 is 0 Å². The van der Waals surface area contributed by atoms with Gasteiger partial charge in [-0.2, -0.15) is 0 Å². The monoisotopic (exact) mass is 893 g/mol. The maximum Gasteiger partial charge on any atom is 0.0540 e. The first kappa shape index (κ1) is 43.1. The minimum atomic E-state index is -0.0113. The Morgan fingerprint density at radius 1 is 0.324 bits per heavy atom. The van der Waals surface area contributed by atoms with Crippen molar-refractivity contribution >= 4 is 59.3 Å². The third-order valence-electron chi connectivity index (χ3n) is 13.6. The van der Waals surface area contributed by atoms with Gasteiger partial charge in [-0.15, -0.1) is 11.3 Å². The van der Waals surface area contributed by atoms with Crippen LogP contribution >= 0.6 is 11.3 Å². The number of hydrogen-bond donors (Lipinski definition) is 0. The number of benzene rings is 10. The van der Waals surface area contributed by atoms with E-state index in [-0.39, 0.29) is 10.8 Å². The number of para-hydroxylation sites is 1. The van der Waals surface area contributed by atoms with E-state index in [4.69, 9.17) is 0 Å². The molecule has 0 aliphatic rings. The molecular formula is C66H55NS. The molecule has 0 saturated heterocycles. The Kier molecular flexibility index (Phi) is 10.9. The first-order chi connectivity index (χ1) is 33.0. The molecule has 0 aliphatic heterocycles. The molecule has 10 aromatic carbocycles. The average molecular weight is 894 g/mol. The number of fused-ring (bicyclic) bond motifs is 4. The minimum absolute atomic E-state index is 0.0113. The van der Waals surface area contributed by atoms with Gasteiger partial charge in [0.05, 0.1) is 11.4 Å². The molecule has 0 spiro atoms. The highest BCUT2D eigenvalue weighted by molar-refractivity contribution is 7.25. The highest BCUT2D eigenvalue weighted by Gasteiger charge is 2.25. The molecule has 0 radical (unpaired) electrons. The van der Waals surface area contributed by atoms with Crippen molar-refractivity contribution in [1.29, 1.82) is 0 Å². The molecule has 0 aliphatic carbocycles. The summed E-state index contributed by atoms with van der Waals surface area (Å²) in [5.74, 6) is 0. The summed E-state index contributed by atoms with van der Waals surface area (Å²) in [6.07, 6.45) is 0. The molecule has 1 nitrogen and oxygen atoms in total. The molecule has 330 valence electrons. The fraction of sp³-hybridized carbons (Fsp3) is 0.121. The lowest BCUT2D eigenvalue weighted by Crippen LogP contribution is -2.16. The van der Waals surface area contributed by atoms with Gasteiger partial charge < -0.3 is 4.90 Å². The molecule has 0 N–H and O–H groups in total. The van der Waals surface area contributed by atoms with E-state index >= 15 is 0 Å². The SMILES string of the molecule is CC(C)(C)c1cc(-c2cccc3cccc(-c4ccccc4N(c4ccc(-c5cccc6sc7ccccc7c56)cc4)c4ccc(-c5ccccc5)cc4-c4ccccc4)c23)cc(C(C)(C)C)c1. The summed E-state index contributed by atoms with van der Waals surface area (Å²) < 4.78 is 2.62. The highest BCUT2D eigenvalue weighted by Crippen LogP contribution is 2.49. The van der Waals surface area contributed by atoms with Crippen LogP contribution in [0.3, 0.4) is 0 Å². The summed E-state index contributed by atoms with van der Waals surface area (Å²) in [5.41, 5.74) is 18.0. The summed E-state index contributed by atoms with van der Waals surface area (Å²) in [4.78, 5) is 2.50. The molecule has 2 heteroatoms. The normalized spacial score (nSPS) is 12.0. The lowest BCUT2D eigenvalue weighted by atomic mass is 9.78. The van der Waals surface area contributed by atoms with Crippen LogP contribution in [0.1, 0.15) is 52.7 Å². The van der Waals surface area contributed by atoms with Crippen LogP contribution in [0.25, 0.3) is 86.6 Å². The van der Waals surface area contributed by atoms with Crippen molar-refractivity contribution < 1.29 is 0 Å². The average Bonchev–Trinajstić information content (AvgIpc) is 3.76. The Balaban J connectivity index is 1.15. The number of hydrogen-bond acceptors (Lipinski definition) is 2. The molecule has 0 bridgehead atoms. The Morgan fingerprint density at radius 2 is 0.838 bits per heavy atom. The maximum atomic E-state index is 2.50. The van der Waals surface area contributed by atoms with Crippen LogP contribution in [0.15, 0.2) is 224 Å². The third kappa shape index (κ3) is 7.99. The van der Waals surface area contributed by atoms with Gasteiger partial charge in [-0.05, 0) is 120 Å². The Morgan fingerprint density at radius 3 is 1.53 bits per heavy atom. The van der Waals surface area contributed by atoms with Crippen LogP contribution in [0.5, 0.6) is 0 Å². The largest absolute Gasteiger partial charge is 0.309 e. The lowest BCUT2D eigenvalue weighted by Gasteiger charge is -2.31. The number of nitrogens with zero attached hydrogens (tertiary/aromatic N) is 1. The van der Waals surface area contributed by atoms with E-state index in [2.05, 4.69) is 271 Å². The Hall–Kier alpha value is -7.52. The van der Waals surface area contributed by atoms with Crippen LogP contribution in [-0.4, -0.2) is 0 Å². The molecule has 11 rings (SSSR count). The lowest BCUT2D eigenvalue weighted by molar-refractivity contribution is 0.569. The van der Waals surface area contributed by atoms with E-state index < -0.39 is 0 Å². The number of anilines is 3. The third-order valence-corrected chi connectivity index (χ3v) is 14.7. The van der Waals surface area contributed by atoms with Crippen molar-refractivity contribution in [3.8, 4) is 55.6 Å². The van der Waals surface area contributed by atoms with E-state index in [9.17, 15) is 0 Å². The van der Waals surface area contributed by atoms with Gasteiger partial charge in [0.15, 0.2) is 0 Å². The fourth-order valence-electron chi connectivity index (χ4n) is 9.95. The first-order valence-corrected chi connectivity index (χ1v) is 24.6. The van der Waals surface area contributed by atoms with Crippen molar-refractivity contribution in [2.75, 3.05) is 4.90 Å². The van der Waals surface area contributed by atoms with Gasteiger partial charge in [0.2, 0.25) is 0 Å². The zero-order chi connectivity index (χ0) is 46.6. The van der Waals surface area contributed by atoms with Crippen molar-refractivity contribution in [1.82, 2.24) is 0 Å². The first-order valence-electron chi connectivity index (χ1n) is 23.8. The molecule has 1 heterocycles. The van der Waals surface area contributed by atoms with Crippen molar-refractivity contribution in [2.45, 2.75) is 52.4 Å². The molecule has 0 atom stereocenters. The topological polar surface area (TPSA) is 3.24 Å². The Labute approximate surface area is 405 Å². The second-order valence-corrected chi connectivity index (χ2v) is 21.2. The van der Waals surface area contributed by atoms with Gasteiger partial charge in [0.25, 0.3) is 0 Å². The number of rotatable bonds is 8. The minimum Gasteiger partial charge on any atom is -0.309 e. The van der Waals surface area contributed by atoms with Crippen molar-refractivity contribution in [3.05, 3.63) is 236 Å². The molecule has 0 unspecified atom stereocenters. The van der Waals surface area contributed by atoms with Crippen molar-refractivity contribution in [3.63, 3.8) is 0 Å². The highest BCUT2D eigenvalue weighted by atomic mass is 32.1. The van der Waals surface area contributed by atoms with Crippen LogP contribution in [-0.2, 0) is 10.8 Å². The number of thiophene rings is 1. The van der Waals surface area contributed by atoms with E-state index in [1.807, 2.05) is 11.3 Å². The van der Waals surface area contributed by atoms with Gasteiger partial charge in [-0.3, -0.25) is 0 Å². The summed E-state index contributed by atoms with van der Waals surface area (Å²) in [6.45, 7) is 13.9. The smallest absolute Gasteiger partial charge is 0.0540 e. The standard InChI is InChI=1S/C66H55NS/c1-65(2,3)50-40-49(41-51(43-50)66(4,5)6)54-28-17-24-47-25-18-30-56(63(47)54)55-26-13-15-31-59(55)67(60-39-36-48(44-20-9-7-10-21-44)42-58(60)45-22-11-8-12-23-45)52-37-34-46(35-38-52)53-29-19-33-62-64(53)57-27-14-16-32-61(57)68-62/h7-43H,1-6H3. The zero-order valence-electron chi connectivity index (χ0n) is 39.7. The van der Waals surface area contributed by atoms with E-state index in [0.29, 0.717) is 0 Å². The maximum absolute atomic E-state index is 2.50. The quantitative estimate of drug-likeness (QED) is 0.147. The van der Waals surface area contributed by atoms with E-state index in [0.717, 1.165) is 28.2 Å². The second kappa shape index (κ2) is 17.3. The van der Waals surface area contributed by atoms with Gasteiger partial charge in [-0.1, -0.05) is 224 Å². The summed E-state index contributed by atoms with van der Waals surface area (Å²) in [5, 5.41) is 5.10. The summed E-state index contributed by atoms with van der Waals surface area (Å²) in [6, 6.07) is 83.3.